The summed E-state index contributed by atoms with van der Waals surface area (Å²) in [7, 11) is 1.89. The minimum atomic E-state index is -0.480. The molecule has 0 spiro atoms. The molecule has 8 nitrogen and oxygen atoms in total. The van der Waals surface area contributed by atoms with Gasteiger partial charge in [0.2, 0.25) is 5.91 Å². The number of amides is 1. The van der Waals surface area contributed by atoms with Crippen LogP contribution in [0.15, 0.2) is 34.8 Å². The Balaban J connectivity index is 1.64. The molecule has 0 unspecified atom stereocenters. The van der Waals surface area contributed by atoms with Gasteiger partial charge in [0, 0.05) is 40.7 Å². The van der Waals surface area contributed by atoms with Crippen molar-refractivity contribution in [2.24, 2.45) is 7.05 Å². The molecule has 28 heavy (non-hydrogen) atoms. The first-order valence-corrected chi connectivity index (χ1v) is 10.4. The van der Waals surface area contributed by atoms with Gasteiger partial charge in [0.25, 0.3) is 5.69 Å². The van der Waals surface area contributed by atoms with Crippen LogP contribution in [0.2, 0.25) is 0 Å². The van der Waals surface area contributed by atoms with E-state index in [1.807, 2.05) is 11.6 Å². The Morgan fingerprint density at radius 2 is 2.04 bits per heavy atom. The minimum Gasteiger partial charge on any atom is -0.325 e. The van der Waals surface area contributed by atoms with Crippen LogP contribution >= 0.6 is 23.1 Å². The second kappa shape index (κ2) is 8.53. The van der Waals surface area contributed by atoms with Crippen LogP contribution < -0.4 is 5.32 Å². The Morgan fingerprint density at radius 1 is 1.32 bits per heavy atom. The van der Waals surface area contributed by atoms with E-state index in [4.69, 9.17) is 0 Å². The van der Waals surface area contributed by atoms with Crippen LogP contribution in [-0.2, 0) is 18.3 Å². The van der Waals surface area contributed by atoms with Crippen molar-refractivity contribution < 1.29 is 9.72 Å². The van der Waals surface area contributed by atoms with Gasteiger partial charge in [0.05, 0.1) is 10.7 Å². The average molecular weight is 418 g/mol. The van der Waals surface area contributed by atoms with Crippen LogP contribution in [0.4, 0.5) is 11.4 Å². The summed E-state index contributed by atoms with van der Waals surface area (Å²) in [5.41, 5.74) is 2.85. The molecule has 0 atom stereocenters. The van der Waals surface area contributed by atoms with Crippen molar-refractivity contribution in [1.82, 2.24) is 14.8 Å². The number of thioether (sulfide) groups is 1. The van der Waals surface area contributed by atoms with E-state index in [1.165, 1.54) is 46.5 Å². The van der Waals surface area contributed by atoms with Gasteiger partial charge in [-0.1, -0.05) is 18.7 Å². The number of nitro groups is 1. The van der Waals surface area contributed by atoms with Gasteiger partial charge in [-0.15, -0.1) is 21.5 Å². The van der Waals surface area contributed by atoms with Crippen LogP contribution in [0.25, 0.3) is 11.4 Å². The summed E-state index contributed by atoms with van der Waals surface area (Å²) in [6.45, 7) is 4.22. The summed E-state index contributed by atoms with van der Waals surface area (Å²) < 4.78 is 1.89. The zero-order valence-corrected chi connectivity index (χ0v) is 17.3. The number of carbonyl (C=O) groups is 1. The highest BCUT2D eigenvalue weighted by atomic mass is 32.2. The van der Waals surface area contributed by atoms with Gasteiger partial charge in [-0.25, -0.2) is 0 Å². The molecule has 3 aromatic rings. The molecule has 0 aliphatic rings. The molecular weight excluding hydrogens is 398 g/mol. The highest BCUT2D eigenvalue weighted by Crippen LogP contribution is 2.32. The minimum absolute atomic E-state index is 0.0193. The second-order valence-corrected chi connectivity index (χ2v) is 8.07. The van der Waals surface area contributed by atoms with Crippen molar-refractivity contribution in [2.75, 3.05) is 11.1 Å². The Hall–Kier alpha value is -2.72. The third-order valence-corrected chi connectivity index (χ3v) is 6.20. The first-order chi connectivity index (χ1) is 13.4. The summed E-state index contributed by atoms with van der Waals surface area (Å²) >= 11 is 2.99. The van der Waals surface area contributed by atoms with Gasteiger partial charge in [-0.2, -0.15) is 0 Å². The molecule has 3 rings (SSSR count). The Labute approximate surface area is 170 Å². The van der Waals surface area contributed by atoms with Crippen molar-refractivity contribution in [3.05, 3.63) is 50.2 Å². The molecular formula is C18H19N5O3S2. The third kappa shape index (κ3) is 4.23. The number of aromatic nitrogens is 3. The van der Waals surface area contributed by atoms with Crippen LogP contribution in [0.1, 0.15) is 17.4 Å². The maximum atomic E-state index is 12.2. The zero-order chi connectivity index (χ0) is 20.3. The van der Waals surface area contributed by atoms with E-state index in [1.54, 1.807) is 11.3 Å². The van der Waals surface area contributed by atoms with Gasteiger partial charge >= 0.3 is 0 Å². The standard InChI is InChI=1S/C18H19N5O3S2/c1-4-14-11(2)27-9-15(14)17-20-21-18(22(17)3)28-10-16(24)19-12-5-7-13(8-6-12)23(25)26/h5-9H,4,10H2,1-3H3,(H,19,24). The van der Waals surface area contributed by atoms with E-state index in [-0.39, 0.29) is 17.3 Å². The average Bonchev–Trinajstić information content (AvgIpc) is 3.22. The van der Waals surface area contributed by atoms with E-state index < -0.39 is 4.92 Å². The van der Waals surface area contributed by atoms with Crippen molar-refractivity contribution in [1.29, 1.82) is 0 Å². The molecule has 0 saturated carbocycles. The maximum absolute atomic E-state index is 12.2. The monoisotopic (exact) mass is 417 g/mol. The lowest BCUT2D eigenvalue weighted by Gasteiger charge is -2.06. The van der Waals surface area contributed by atoms with Crippen LogP contribution in [-0.4, -0.2) is 31.3 Å². The summed E-state index contributed by atoms with van der Waals surface area (Å²) in [4.78, 5) is 23.6. The number of non-ortho nitro benzene ring substituents is 1. The molecule has 1 aromatic carbocycles. The molecule has 1 amide bonds. The van der Waals surface area contributed by atoms with Gasteiger partial charge in [-0.05, 0) is 31.0 Å². The fourth-order valence-corrected chi connectivity index (χ4v) is 4.42. The molecule has 2 heterocycles. The Morgan fingerprint density at radius 3 is 2.68 bits per heavy atom. The summed E-state index contributed by atoms with van der Waals surface area (Å²) in [6, 6.07) is 5.72. The number of hydrogen-bond donors (Lipinski definition) is 1. The SMILES string of the molecule is CCc1c(-c2nnc(SCC(=O)Nc3ccc([N+](=O)[O-])cc3)n2C)csc1C. The molecule has 0 bridgehead atoms. The highest BCUT2D eigenvalue weighted by molar-refractivity contribution is 7.99. The molecule has 146 valence electrons. The number of rotatable bonds is 7. The number of nitro benzene ring substituents is 1. The predicted molar refractivity (Wildman–Crippen MR) is 111 cm³/mol. The highest BCUT2D eigenvalue weighted by Gasteiger charge is 2.17. The van der Waals surface area contributed by atoms with Crippen molar-refractivity contribution in [2.45, 2.75) is 25.4 Å². The van der Waals surface area contributed by atoms with Crippen molar-refractivity contribution >= 4 is 40.4 Å². The van der Waals surface area contributed by atoms with Gasteiger partial charge in [0.15, 0.2) is 11.0 Å². The van der Waals surface area contributed by atoms with Crippen LogP contribution in [0.5, 0.6) is 0 Å². The summed E-state index contributed by atoms with van der Waals surface area (Å²) in [5, 5.41) is 24.6. The van der Waals surface area contributed by atoms with E-state index in [0.29, 0.717) is 10.8 Å². The van der Waals surface area contributed by atoms with Gasteiger partial charge in [-0.3, -0.25) is 14.9 Å². The Bertz CT molecular complexity index is 1010. The number of nitrogens with one attached hydrogen (secondary N) is 1. The van der Waals surface area contributed by atoms with Crippen LogP contribution in [0, 0.1) is 17.0 Å². The van der Waals surface area contributed by atoms with E-state index in [2.05, 4.69) is 34.7 Å². The zero-order valence-electron chi connectivity index (χ0n) is 15.6. The topological polar surface area (TPSA) is 103 Å². The van der Waals surface area contributed by atoms with E-state index >= 15 is 0 Å². The smallest absolute Gasteiger partial charge is 0.269 e. The van der Waals surface area contributed by atoms with Gasteiger partial charge in [0.1, 0.15) is 0 Å². The fraction of sp³-hybridized carbons (Fsp3) is 0.278. The summed E-state index contributed by atoms with van der Waals surface area (Å²) in [5.74, 6) is 0.732. The first-order valence-electron chi connectivity index (χ1n) is 8.54. The molecule has 1 N–H and O–H groups in total. The van der Waals surface area contributed by atoms with Crippen molar-refractivity contribution in [3.63, 3.8) is 0 Å². The molecule has 10 heteroatoms. The van der Waals surface area contributed by atoms with Gasteiger partial charge < -0.3 is 9.88 Å². The van der Waals surface area contributed by atoms with Crippen molar-refractivity contribution in [3.8, 4) is 11.4 Å². The molecule has 0 aliphatic heterocycles. The molecule has 2 aromatic heterocycles. The number of anilines is 1. The molecule has 0 aliphatic carbocycles. The number of benzene rings is 1. The quantitative estimate of drug-likeness (QED) is 0.353. The normalized spacial score (nSPS) is 10.8. The lowest BCUT2D eigenvalue weighted by molar-refractivity contribution is -0.384. The lowest BCUT2D eigenvalue weighted by Crippen LogP contribution is -2.14. The number of hydrogen-bond acceptors (Lipinski definition) is 7. The molecule has 0 saturated heterocycles. The maximum Gasteiger partial charge on any atom is 0.269 e. The number of carbonyl (C=O) groups excluding carboxylic acids is 1. The number of thiophene rings is 1. The fourth-order valence-electron chi connectivity index (χ4n) is 2.78. The summed E-state index contributed by atoms with van der Waals surface area (Å²) in [6.07, 6.45) is 0.928. The molecule has 0 radical (unpaired) electrons. The number of nitrogens with zero attached hydrogens (tertiary/aromatic N) is 4. The first kappa shape index (κ1) is 20.0. The molecule has 0 fully saturated rings. The van der Waals surface area contributed by atoms with Crippen LogP contribution in [0.3, 0.4) is 0 Å². The largest absolute Gasteiger partial charge is 0.325 e. The number of aryl methyl sites for hydroxylation is 1. The third-order valence-electron chi connectivity index (χ3n) is 4.23. The Kier molecular flexibility index (Phi) is 6.10. The second-order valence-electron chi connectivity index (χ2n) is 6.04. The predicted octanol–water partition coefficient (Wildman–Crippen LogP) is 4.05. The van der Waals surface area contributed by atoms with E-state index in [9.17, 15) is 14.9 Å². The van der Waals surface area contributed by atoms with E-state index in [0.717, 1.165) is 17.8 Å². The lowest BCUT2D eigenvalue weighted by atomic mass is 10.1.